The minimum atomic E-state index is -5.07. The van der Waals surface area contributed by atoms with Crippen molar-refractivity contribution in [3.8, 4) is 0 Å². The van der Waals surface area contributed by atoms with Gasteiger partial charge < -0.3 is 34.3 Å². The average molecular weight is 997 g/mol. The number of allylic oxidation sites excluding steroid dienone is 10. The van der Waals surface area contributed by atoms with Gasteiger partial charge in [-0.15, -0.1) is 0 Å². The molecule has 0 radical (unpaired) electrons. The summed E-state index contributed by atoms with van der Waals surface area (Å²) in [5.74, 6) is -0.407. The lowest BCUT2D eigenvalue weighted by Gasteiger charge is -2.41. The summed E-state index contributed by atoms with van der Waals surface area (Å²) < 4.78 is 59.3. The summed E-state index contributed by atoms with van der Waals surface area (Å²) in [5, 5.41) is 30.8. The Labute approximate surface area is 420 Å². The van der Waals surface area contributed by atoms with Crippen molar-refractivity contribution in [1.29, 1.82) is 0 Å². The molecule has 0 spiro atoms. The zero-order chi connectivity index (χ0) is 50.3. The lowest BCUT2D eigenvalue weighted by atomic mass is 9.99. The fraction of sp³-hybridized carbons (Fsp3) is 0.804. The molecular formula is C56H100O12S. The van der Waals surface area contributed by atoms with Crippen LogP contribution in [0.1, 0.15) is 226 Å². The molecule has 6 atom stereocenters. The number of carbonyl (C=O) groups is 1. The van der Waals surface area contributed by atoms with E-state index in [0.717, 1.165) is 77.0 Å². The number of hydrogen-bond donors (Lipinski definition) is 4. The molecule has 402 valence electrons. The first-order valence-electron chi connectivity index (χ1n) is 27.5. The highest BCUT2D eigenvalue weighted by atomic mass is 32.3. The molecule has 1 aliphatic heterocycles. The smallest absolute Gasteiger partial charge is 0.397 e. The molecule has 1 rings (SSSR count). The summed E-state index contributed by atoms with van der Waals surface area (Å²) in [6.07, 6.45) is 51.1. The Hall–Kier alpha value is -2.20. The molecule has 0 saturated carbocycles. The van der Waals surface area contributed by atoms with Crippen molar-refractivity contribution in [3.05, 3.63) is 60.8 Å². The third kappa shape index (κ3) is 40.0. The van der Waals surface area contributed by atoms with Gasteiger partial charge in [0.1, 0.15) is 30.5 Å². The second-order valence-corrected chi connectivity index (χ2v) is 19.9. The van der Waals surface area contributed by atoms with Crippen molar-refractivity contribution in [1.82, 2.24) is 0 Å². The molecule has 1 heterocycles. The number of ether oxygens (including phenoxy) is 4. The van der Waals surface area contributed by atoms with Crippen LogP contribution in [0.3, 0.4) is 0 Å². The van der Waals surface area contributed by atoms with E-state index in [-0.39, 0.29) is 19.6 Å². The molecule has 0 amide bonds. The normalized spacial score (nSPS) is 19.7. The van der Waals surface area contributed by atoms with Gasteiger partial charge in [0.25, 0.3) is 0 Å². The molecule has 6 unspecified atom stereocenters. The lowest BCUT2D eigenvalue weighted by Crippen LogP contribution is -2.60. The van der Waals surface area contributed by atoms with Crippen LogP contribution in [-0.2, 0) is 38.3 Å². The van der Waals surface area contributed by atoms with Crippen molar-refractivity contribution in [2.24, 2.45) is 0 Å². The van der Waals surface area contributed by atoms with Crippen molar-refractivity contribution in [2.45, 2.75) is 263 Å². The zero-order valence-electron chi connectivity index (χ0n) is 43.4. The van der Waals surface area contributed by atoms with Gasteiger partial charge in [-0.2, -0.15) is 8.42 Å². The van der Waals surface area contributed by atoms with Gasteiger partial charge in [-0.05, 0) is 83.5 Å². The van der Waals surface area contributed by atoms with E-state index >= 15 is 0 Å². The fourth-order valence-electron chi connectivity index (χ4n) is 8.18. The standard InChI is InChI=1S/C56H100O12S/c1-3-5-7-9-11-13-15-17-19-21-22-23-24-25-26-27-28-29-31-33-35-37-39-41-43-45-52(58)66-50(49-65-56-54(60)55(68-69(61,62)63)53(59)51(47-57)67-56)48-64-46-44-42-40-38-36-34-32-30-20-18-16-14-12-10-8-6-4-2/h14-17,20-22,24-25,30,50-51,53-57,59-60H,3-13,18-19,23,26-29,31-49H2,1-2H3,(H,61,62,63)/b16-14-,17-15-,22-21-,25-24-,30-20-. The van der Waals surface area contributed by atoms with Crippen molar-refractivity contribution < 1.29 is 56.2 Å². The van der Waals surface area contributed by atoms with E-state index in [1.165, 1.54) is 122 Å². The average Bonchev–Trinajstić information content (AvgIpc) is 3.32. The highest BCUT2D eigenvalue weighted by molar-refractivity contribution is 7.80. The third-order valence-electron chi connectivity index (χ3n) is 12.4. The largest absolute Gasteiger partial charge is 0.457 e. The first kappa shape index (κ1) is 64.8. The summed E-state index contributed by atoms with van der Waals surface area (Å²) in [6, 6.07) is 0. The maximum atomic E-state index is 12.9. The van der Waals surface area contributed by atoms with Crippen LogP contribution in [0.25, 0.3) is 0 Å². The Morgan fingerprint density at radius 3 is 1.41 bits per heavy atom. The number of aliphatic hydroxyl groups excluding tert-OH is 3. The van der Waals surface area contributed by atoms with Crippen molar-refractivity contribution in [3.63, 3.8) is 0 Å². The predicted octanol–water partition coefficient (Wildman–Crippen LogP) is 13.3. The quantitative estimate of drug-likeness (QED) is 0.0197. The van der Waals surface area contributed by atoms with Crippen LogP contribution < -0.4 is 0 Å². The van der Waals surface area contributed by atoms with Crippen LogP contribution in [0.5, 0.6) is 0 Å². The van der Waals surface area contributed by atoms with Crippen LogP contribution in [0.4, 0.5) is 0 Å². The molecule has 0 aromatic rings. The van der Waals surface area contributed by atoms with Crippen LogP contribution >= 0.6 is 0 Å². The molecule has 12 nitrogen and oxygen atoms in total. The number of aliphatic hydroxyl groups is 3. The number of hydrogen-bond acceptors (Lipinski definition) is 11. The lowest BCUT2D eigenvalue weighted by molar-refractivity contribution is -0.301. The van der Waals surface area contributed by atoms with E-state index in [2.05, 4.69) is 78.8 Å². The topological polar surface area (TPSA) is 178 Å². The van der Waals surface area contributed by atoms with Crippen LogP contribution in [0, 0.1) is 0 Å². The molecule has 1 aliphatic rings. The molecule has 13 heteroatoms. The van der Waals surface area contributed by atoms with Gasteiger partial charge in [-0.25, -0.2) is 4.18 Å². The fourth-order valence-corrected chi connectivity index (χ4v) is 8.69. The first-order chi connectivity index (χ1) is 33.6. The number of unbranched alkanes of at least 4 members (excludes halogenated alkanes) is 25. The van der Waals surface area contributed by atoms with E-state index in [1.807, 2.05) is 0 Å². The van der Waals surface area contributed by atoms with E-state index in [9.17, 15) is 33.1 Å². The third-order valence-corrected chi connectivity index (χ3v) is 12.8. The summed E-state index contributed by atoms with van der Waals surface area (Å²) in [5.41, 5.74) is 0. The van der Waals surface area contributed by atoms with Crippen LogP contribution in [-0.4, -0.2) is 97.5 Å². The van der Waals surface area contributed by atoms with E-state index in [0.29, 0.717) is 13.0 Å². The van der Waals surface area contributed by atoms with E-state index in [1.54, 1.807) is 0 Å². The van der Waals surface area contributed by atoms with Gasteiger partial charge in [-0.1, -0.05) is 197 Å². The van der Waals surface area contributed by atoms with Crippen molar-refractivity contribution in [2.75, 3.05) is 26.4 Å². The minimum Gasteiger partial charge on any atom is -0.457 e. The molecule has 69 heavy (non-hydrogen) atoms. The van der Waals surface area contributed by atoms with E-state index < -0.39 is 59.8 Å². The van der Waals surface area contributed by atoms with Gasteiger partial charge in [0.2, 0.25) is 0 Å². The highest BCUT2D eigenvalue weighted by Gasteiger charge is 2.48. The molecule has 0 aromatic heterocycles. The van der Waals surface area contributed by atoms with Crippen LogP contribution in [0.2, 0.25) is 0 Å². The molecule has 0 aromatic carbocycles. The molecule has 1 fully saturated rings. The summed E-state index contributed by atoms with van der Waals surface area (Å²) in [7, 11) is -5.07. The highest BCUT2D eigenvalue weighted by Crippen LogP contribution is 2.26. The maximum Gasteiger partial charge on any atom is 0.397 e. The van der Waals surface area contributed by atoms with Crippen molar-refractivity contribution >= 4 is 16.4 Å². The number of carbonyl (C=O) groups excluding carboxylic acids is 1. The van der Waals surface area contributed by atoms with Gasteiger partial charge in [-0.3, -0.25) is 9.35 Å². The Balaban J connectivity index is 2.33. The van der Waals surface area contributed by atoms with E-state index in [4.69, 9.17) is 18.9 Å². The molecule has 0 aliphatic carbocycles. The maximum absolute atomic E-state index is 12.9. The minimum absolute atomic E-state index is 0.0257. The van der Waals surface area contributed by atoms with Gasteiger partial charge in [0.05, 0.1) is 19.8 Å². The van der Waals surface area contributed by atoms with Gasteiger partial charge >= 0.3 is 16.4 Å². The molecule has 4 N–H and O–H groups in total. The zero-order valence-corrected chi connectivity index (χ0v) is 44.2. The Bertz CT molecular complexity index is 1430. The Morgan fingerprint density at radius 1 is 0.551 bits per heavy atom. The molecule has 1 saturated heterocycles. The van der Waals surface area contributed by atoms with Gasteiger partial charge in [0.15, 0.2) is 6.29 Å². The second-order valence-electron chi connectivity index (χ2n) is 18.8. The molecule has 0 bridgehead atoms. The first-order valence-corrected chi connectivity index (χ1v) is 28.9. The second kappa shape index (κ2) is 46.8. The summed E-state index contributed by atoms with van der Waals surface area (Å²) in [6.45, 7) is 3.95. The SMILES string of the molecule is CCCCCC/C=C\C/C=C\CCCCCCCCOCC(COC1OC(CO)C(O)C(OS(=O)(=O)O)C1O)OC(=O)CCCCCCCCCCCC/C=C\C/C=C\C/C=C\CCCCCCC. The summed E-state index contributed by atoms with van der Waals surface area (Å²) in [4.78, 5) is 12.9. The Morgan fingerprint density at radius 2 is 0.957 bits per heavy atom. The van der Waals surface area contributed by atoms with Crippen LogP contribution in [0.15, 0.2) is 60.8 Å². The van der Waals surface area contributed by atoms with Gasteiger partial charge in [0, 0.05) is 13.0 Å². The number of esters is 1. The monoisotopic (exact) mass is 997 g/mol. The molecular weight excluding hydrogens is 897 g/mol. The Kier molecular flexibility index (Phi) is 44.0. The number of rotatable bonds is 48. The summed E-state index contributed by atoms with van der Waals surface area (Å²) >= 11 is 0. The predicted molar refractivity (Wildman–Crippen MR) is 280 cm³/mol.